The number of benzene rings is 2. The summed E-state index contributed by atoms with van der Waals surface area (Å²) < 4.78 is 5.29. The Hall–Kier alpha value is -2.06. The highest BCUT2D eigenvalue weighted by molar-refractivity contribution is 6.37. The van der Waals surface area contributed by atoms with Crippen molar-refractivity contribution in [2.24, 2.45) is 0 Å². The van der Waals surface area contributed by atoms with E-state index in [0.717, 1.165) is 10.9 Å². The van der Waals surface area contributed by atoms with Gasteiger partial charge in [-0.15, -0.1) is 0 Å². The average Bonchev–Trinajstić information content (AvgIpc) is 2.40. The molecule has 3 aromatic rings. The largest absolute Gasteiger partial charge is 0.422 e. The number of halogens is 1. The summed E-state index contributed by atoms with van der Waals surface area (Å²) in [7, 11) is 0. The second kappa shape index (κ2) is 4.31. The van der Waals surface area contributed by atoms with Crippen molar-refractivity contribution in [1.29, 1.82) is 0 Å². The Kier molecular flexibility index (Phi) is 2.65. The number of hydrogen-bond acceptors (Lipinski definition) is 2. The van der Waals surface area contributed by atoms with E-state index < -0.39 is 5.63 Å². The van der Waals surface area contributed by atoms with Crippen LogP contribution in [0.1, 0.15) is 0 Å². The monoisotopic (exact) mass is 256 g/mol. The van der Waals surface area contributed by atoms with E-state index in [-0.39, 0.29) is 0 Å². The van der Waals surface area contributed by atoms with E-state index >= 15 is 0 Å². The quantitative estimate of drug-likeness (QED) is 0.613. The maximum absolute atomic E-state index is 12.0. The number of fused-ring (bicyclic) bond motifs is 1. The highest BCUT2D eigenvalue weighted by atomic mass is 35.5. The molecule has 0 fully saturated rings. The number of hydrogen-bond donors (Lipinski definition) is 0. The zero-order valence-electron chi connectivity index (χ0n) is 9.39. The first-order valence-corrected chi connectivity index (χ1v) is 5.92. The smallest absolute Gasteiger partial charge is 0.345 e. The van der Waals surface area contributed by atoms with Gasteiger partial charge < -0.3 is 4.42 Å². The molecule has 18 heavy (non-hydrogen) atoms. The van der Waals surface area contributed by atoms with Gasteiger partial charge in [-0.05, 0) is 17.7 Å². The minimum Gasteiger partial charge on any atom is -0.422 e. The molecular weight excluding hydrogens is 248 g/mol. The highest BCUT2D eigenvalue weighted by Crippen LogP contribution is 2.30. The summed E-state index contributed by atoms with van der Waals surface area (Å²) in [5, 5.41) is 1.19. The van der Waals surface area contributed by atoms with Crippen LogP contribution >= 0.6 is 11.6 Å². The molecule has 0 aliphatic heterocycles. The van der Waals surface area contributed by atoms with Crippen molar-refractivity contribution in [3.8, 4) is 11.1 Å². The molecule has 1 aromatic heterocycles. The molecule has 0 amide bonds. The minimum atomic E-state index is -0.412. The molecule has 0 aliphatic rings. The lowest BCUT2D eigenvalue weighted by molar-refractivity contribution is 0.563. The van der Waals surface area contributed by atoms with Crippen molar-refractivity contribution in [2.75, 3.05) is 0 Å². The summed E-state index contributed by atoms with van der Waals surface area (Å²) in [4.78, 5) is 12.0. The molecule has 0 saturated heterocycles. The van der Waals surface area contributed by atoms with Gasteiger partial charge in [0.25, 0.3) is 0 Å². The summed E-state index contributed by atoms with van der Waals surface area (Å²) in [6.45, 7) is 0. The van der Waals surface area contributed by atoms with Crippen LogP contribution in [0, 0.1) is 0 Å². The molecule has 2 aromatic carbocycles. The molecule has 0 atom stereocenters. The van der Waals surface area contributed by atoms with E-state index in [4.69, 9.17) is 16.0 Å². The Balaban J connectivity index is 2.41. The third-order valence-corrected chi connectivity index (χ3v) is 3.20. The Morgan fingerprint density at radius 3 is 2.33 bits per heavy atom. The molecule has 0 unspecified atom stereocenters. The van der Waals surface area contributed by atoms with Gasteiger partial charge in [-0.3, -0.25) is 0 Å². The van der Waals surface area contributed by atoms with Gasteiger partial charge in [0, 0.05) is 5.39 Å². The Labute approximate surface area is 108 Å². The van der Waals surface area contributed by atoms with Gasteiger partial charge in [0.1, 0.15) is 5.58 Å². The van der Waals surface area contributed by atoms with Gasteiger partial charge in [-0.2, -0.15) is 0 Å². The van der Waals surface area contributed by atoms with Crippen LogP contribution in [-0.2, 0) is 0 Å². The van der Waals surface area contributed by atoms with Crippen molar-refractivity contribution >= 4 is 22.6 Å². The van der Waals surface area contributed by atoms with Gasteiger partial charge in [-0.1, -0.05) is 54.1 Å². The van der Waals surface area contributed by atoms with Crippen molar-refractivity contribution in [3.05, 3.63) is 70.0 Å². The van der Waals surface area contributed by atoms with Crippen LogP contribution in [0.2, 0.25) is 5.02 Å². The van der Waals surface area contributed by atoms with E-state index in [2.05, 4.69) is 0 Å². The molecule has 0 spiro atoms. The zero-order chi connectivity index (χ0) is 12.5. The summed E-state index contributed by atoms with van der Waals surface area (Å²) in [5.74, 6) is 0. The van der Waals surface area contributed by atoms with Crippen LogP contribution in [0.5, 0.6) is 0 Å². The fraction of sp³-hybridized carbons (Fsp3) is 0. The SMILES string of the molecule is O=c1oc2ccccc2c(Cl)c1-c1ccccc1. The normalized spacial score (nSPS) is 10.7. The maximum Gasteiger partial charge on any atom is 0.345 e. The predicted molar refractivity (Wildman–Crippen MR) is 72.9 cm³/mol. The fourth-order valence-electron chi connectivity index (χ4n) is 1.96. The molecule has 0 N–H and O–H groups in total. The standard InChI is InChI=1S/C15H9ClO2/c16-14-11-8-4-5-9-12(11)18-15(17)13(14)10-6-2-1-3-7-10/h1-9H. The van der Waals surface area contributed by atoms with Gasteiger partial charge in [0.05, 0.1) is 10.6 Å². The van der Waals surface area contributed by atoms with Crippen LogP contribution in [0.4, 0.5) is 0 Å². The van der Waals surface area contributed by atoms with Gasteiger partial charge >= 0.3 is 5.63 Å². The molecule has 88 valence electrons. The first kappa shape index (κ1) is 11.1. The maximum atomic E-state index is 12.0. The third kappa shape index (κ3) is 1.71. The van der Waals surface area contributed by atoms with Gasteiger partial charge in [0.2, 0.25) is 0 Å². The van der Waals surface area contributed by atoms with Crippen LogP contribution in [0.25, 0.3) is 22.1 Å². The van der Waals surface area contributed by atoms with E-state index in [1.165, 1.54) is 0 Å². The van der Waals surface area contributed by atoms with Gasteiger partial charge in [-0.25, -0.2) is 4.79 Å². The third-order valence-electron chi connectivity index (χ3n) is 2.81. The van der Waals surface area contributed by atoms with E-state index in [9.17, 15) is 4.79 Å². The van der Waals surface area contributed by atoms with E-state index in [1.807, 2.05) is 48.5 Å². The second-order valence-corrected chi connectivity index (χ2v) is 4.32. The molecule has 0 bridgehead atoms. The summed E-state index contributed by atoms with van der Waals surface area (Å²) in [6.07, 6.45) is 0. The molecule has 3 heteroatoms. The molecule has 2 nitrogen and oxygen atoms in total. The first-order valence-electron chi connectivity index (χ1n) is 5.54. The van der Waals surface area contributed by atoms with Crippen LogP contribution in [0.3, 0.4) is 0 Å². The summed E-state index contributed by atoms with van der Waals surface area (Å²) in [5.41, 5.74) is 1.27. The van der Waals surface area contributed by atoms with Crippen molar-refractivity contribution in [2.45, 2.75) is 0 Å². The van der Waals surface area contributed by atoms with E-state index in [1.54, 1.807) is 6.07 Å². The molecule has 3 rings (SSSR count). The van der Waals surface area contributed by atoms with Crippen LogP contribution < -0.4 is 5.63 Å². The highest BCUT2D eigenvalue weighted by Gasteiger charge is 2.13. The van der Waals surface area contributed by atoms with E-state index in [0.29, 0.717) is 16.2 Å². The topological polar surface area (TPSA) is 30.2 Å². The fourth-order valence-corrected chi connectivity index (χ4v) is 2.30. The van der Waals surface area contributed by atoms with Crippen molar-refractivity contribution in [3.63, 3.8) is 0 Å². The number of para-hydroxylation sites is 1. The Morgan fingerprint density at radius 2 is 1.56 bits per heavy atom. The molecule has 1 heterocycles. The Morgan fingerprint density at radius 1 is 0.889 bits per heavy atom. The lowest BCUT2D eigenvalue weighted by Gasteiger charge is -2.05. The van der Waals surface area contributed by atoms with Gasteiger partial charge in [0.15, 0.2) is 0 Å². The molecule has 0 radical (unpaired) electrons. The first-order chi connectivity index (χ1) is 8.77. The zero-order valence-corrected chi connectivity index (χ0v) is 10.1. The second-order valence-electron chi connectivity index (χ2n) is 3.94. The Bertz CT molecular complexity index is 760. The molecule has 0 saturated carbocycles. The molecule has 0 aliphatic carbocycles. The van der Waals surface area contributed by atoms with Crippen LogP contribution in [0.15, 0.2) is 63.8 Å². The summed E-state index contributed by atoms with van der Waals surface area (Å²) in [6, 6.07) is 16.5. The lowest BCUT2D eigenvalue weighted by Crippen LogP contribution is -2.03. The molecular formula is C15H9ClO2. The van der Waals surface area contributed by atoms with Crippen LogP contribution in [-0.4, -0.2) is 0 Å². The lowest BCUT2D eigenvalue weighted by atomic mass is 10.1. The summed E-state index contributed by atoms with van der Waals surface area (Å²) >= 11 is 6.32. The van der Waals surface area contributed by atoms with Crippen molar-refractivity contribution in [1.82, 2.24) is 0 Å². The minimum absolute atomic E-state index is 0.412. The number of rotatable bonds is 1. The van der Waals surface area contributed by atoms with Crippen molar-refractivity contribution < 1.29 is 4.42 Å². The average molecular weight is 257 g/mol. The predicted octanol–water partition coefficient (Wildman–Crippen LogP) is 4.11.